The molecule has 0 spiro atoms. The largest absolute Gasteiger partial charge is 0.479 e. The zero-order chi connectivity index (χ0) is 81.7. The van der Waals surface area contributed by atoms with Gasteiger partial charge in [0.15, 0.2) is 34.7 Å². The number of thioether (sulfide) groups is 3. The number of nitrogens with zero attached hydrogens (tertiary/aromatic N) is 7. The molecule has 0 radical (unpaired) electrons. The standard InChI is InChI=1S/C10H19NO2.2C10H19NO.2C10H19NS.C9H19N3.C9H17NO.C9H17NS.C7H12N2S/c1-9(2,3)5-8-11-10(4,6-12)7-13-8;4*1-9(2,3)6-8-11-10(4,5)7-12-8;1-8(2,3)11-7-10-6-9(4,5)12-7;2*1-7-6-11-8(10-7)5-9(2,3)4;1-7(2,3)9-6-8-4-5-10-6/h12H,5-7H2,1-4H3;6-7H2,1-5H3;6,11H,7H2,1-5H3;6-7H2,1-5H3;6,11H,7H2,1-5H3;6H2,1-5H3,(H2,10,11,12);2*7H,5-6H2,1-4H3;4-5H,1-3H3,(H,8,9)/b;;8-6-;;8-6-;;;;/t;;;;;;2*7-;/m......10./s1. The Bertz CT molecular complexity index is 2890. The lowest BCUT2D eigenvalue weighted by Gasteiger charge is -2.24. The number of hydrogen-bond acceptors (Lipinski definition) is 21. The van der Waals surface area contributed by atoms with Crippen LogP contribution in [0.2, 0.25) is 0 Å². The van der Waals surface area contributed by atoms with E-state index in [0.29, 0.717) is 34.9 Å². The lowest BCUT2D eigenvalue weighted by molar-refractivity contribution is 0.167. The molecule has 1 unspecified atom stereocenters. The summed E-state index contributed by atoms with van der Waals surface area (Å²) in [6.07, 6.45) is 11.2. The van der Waals surface area contributed by atoms with Gasteiger partial charge in [-0.05, 0) is 182 Å². The zero-order valence-electron chi connectivity index (χ0n) is 74.7. The Morgan fingerprint density at radius 2 is 0.990 bits per heavy atom. The van der Waals surface area contributed by atoms with Crippen molar-refractivity contribution < 1.29 is 24.1 Å². The van der Waals surface area contributed by atoms with Crippen molar-refractivity contribution in [3.63, 3.8) is 0 Å². The van der Waals surface area contributed by atoms with Crippen molar-refractivity contribution in [2.75, 3.05) is 62.2 Å². The average molecular weight is 1550 g/mol. The minimum atomic E-state index is -0.402. The van der Waals surface area contributed by atoms with Gasteiger partial charge in [0.05, 0.1) is 62.5 Å². The number of aliphatic hydroxyl groups excluding tert-OH is 1. The molecule has 0 amide bonds. The van der Waals surface area contributed by atoms with Gasteiger partial charge >= 0.3 is 0 Å². The van der Waals surface area contributed by atoms with E-state index in [4.69, 9.17) is 24.1 Å². The SMILES string of the molecule is CC(C)(C)/C=C1/NC(C)(C)CO1.CC(C)(C)/C=C1/NC(C)(C)CS1.CC(C)(C)CC1=NC(C)(C)CO1.CC(C)(C)CC1=NC(C)(C)CS1.CC(C)(C)CC1=NC(C)(CO)CO1.CC(C)(C)NC1=NCC(C)(C)N1.CC(C)(C)Nc1nccs1.C[C@@H]1COC(CC(C)(C)C)=N1.C[C@H]1CSC(CC(C)(C)C)=N1. The summed E-state index contributed by atoms with van der Waals surface area (Å²) in [5.41, 5.74) is 2.51. The second-order valence-electron chi connectivity index (χ2n) is 43.3. The highest BCUT2D eigenvalue weighted by Gasteiger charge is 2.35. The molecule has 1 aromatic heterocycles. The zero-order valence-corrected chi connectivity index (χ0v) is 78.0. The quantitative estimate of drug-likeness (QED) is 0.150. The van der Waals surface area contributed by atoms with Gasteiger partial charge in [0.2, 0.25) is 0 Å². The smallest absolute Gasteiger partial charge is 0.192 e. The maximum atomic E-state index is 9.05. The van der Waals surface area contributed by atoms with Crippen molar-refractivity contribution in [1.29, 1.82) is 0 Å². The lowest BCUT2D eigenvalue weighted by atomic mass is 9.92. The summed E-state index contributed by atoms with van der Waals surface area (Å²) in [7, 11) is 0. The molecule has 0 bridgehead atoms. The Balaban J connectivity index is 0.000000591. The molecule has 21 heteroatoms. The van der Waals surface area contributed by atoms with E-state index in [0.717, 1.165) is 98.9 Å². The van der Waals surface area contributed by atoms with Gasteiger partial charge in [-0.25, -0.2) is 20.0 Å². The summed E-state index contributed by atoms with van der Waals surface area (Å²) in [5, 5.41) is 32.8. The van der Waals surface area contributed by atoms with Crippen molar-refractivity contribution in [2.45, 2.75) is 365 Å². The molecular formula is C84H160N12O5S4. The van der Waals surface area contributed by atoms with Crippen LogP contribution in [0.25, 0.3) is 0 Å². The molecule has 2 saturated heterocycles. The van der Waals surface area contributed by atoms with Gasteiger partial charge < -0.3 is 50.6 Å². The number of rotatable bonds is 7. The number of hydrogen-bond donors (Lipinski definition) is 6. The van der Waals surface area contributed by atoms with Gasteiger partial charge in [-0.3, -0.25) is 15.0 Å². The van der Waals surface area contributed by atoms with Gasteiger partial charge in [0.1, 0.15) is 32.0 Å². The van der Waals surface area contributed by atoms with Crippen LogP contribution in [0.3, 0.4) is 0 Å². The highest BCUT2D eigenvalue weighted by Crippen LogP contribution is 2.36. The summed E-state index contributed by atoms with van der Waals surface area (Å²) < 4.78 is 21.8. The van der Waals surface area contributed by atoms with Crippen molar-refractivity contribution in [3.05, 3.63) is 34.6 Å². The number of nitrogens with one attached hydrogen (secondary N) is 5. The van der Waals surface area contributed by atoms with Crippen LogP contribution in [0.4, 0.5) is 5.13 Å². The summed E-state index contributed by atoms with van der Waals surface area (Å²) in [4.78, 5) is 31.0. The number of allylic oxidation sites excluding steroid dienone is 2. The maximum Gasteiger partial charge on any atom is 0.192 e. The molecule has 1 aromatic rings. The van der Waals surface area contributed by atoms with E-state index in [-0.39, 0.29) is 67.0 Å². The van der Waals surface area contributed by atoms with Crippen molar-refractivity contribution in [3.8, 4) is 0 Å². The molecule has 6 N–H and O–H groups in total. The van der Waals surface area contributed by atoms with Crippen LogP contribution in [-0.4, -0.2) is 157 Å². The number of aliphatic hydroxyl groups is 1. The van der Waals surface area contributed by atoms with Crippen LogP contribution in [0.15, 0.2) is 64.6 Å². The molecule has 610 valence electrons. The summed E-state index contributed by atoms with van der Waals surface area (Å²) in [6, 6.07) is 0.921. The molecule has 17 nitrogen and oxygen atoms in total. The molecule has 2 fully saturated rings. The summed E-state index contributed by atoms with van der Waals surface area (Å²) in [6.45, 7) is 90.6. The fourth-order valence-corrected chi connectivity index (χ4v) is 14.6. The van der Waals surface area contributed by atoms with Crippen LogP contribution in [0.1, 0.15) is 309 Å². The third-order valence-electron chi connectivity index (χ3n) is 14.2. The van der Waals surface area contributed by atoms with Gasteiger partial charge in [-0.15, -0.1) is 46.6 Å². The summed E-state index contributed by atoms with van der Waals surface area (Å²) >= 11 is 7.41. The normalized spacial score (nSPS) is 23.3. The third kappa shape index (κ3) is 53.0. The van der Waals surface area contributed by atoms with Gasteiger partial charge in [-0.1, -0.05) is 145 Å². The van der Waals surface area contributed by atoms with E-state index in [9.17, 15) is 0 Å². The van der Waals surface area contributed by atoms with Gasteiger partial charge in [0.25, 0.3) is 0 Å². The number of guanidine groups is 1. The molecule has 8 aliphatic heterocycles. The second-order valence-corrected chi connectivity index (χ2v) is 47.4. The highest BCUT2D eigenvalue weighted by atomic mass is 32.2. The number of aromatic nitrogens is 1. The Labute approximate surface area is 661 Å². The first-order valence-electron chi connectivity index (χ1n) is 38.5. The van der Waals surface area contributed by atoms with Crippen LogP contribution in [-0.2, 0) is 18.9 Å². The van der Waals surface area contributed by atoms with Gasteiger partial charge in [-0.2, -0.15) is 0 Å². The molecule has 8 aliphatic rings. The number of thiazole rings is 1. The fourth-order valence-electron chi connectivity index (χ4n) is 9.80. The molecule has 3 atom stereocenters. The topological polar surface area (TPSA) is 204 Å². The summed E-state index contributed by atoms with van der Waals surface area (Å²) in [5.74, 6) is 8.00. The van der Waals surface area contributed by atoms with E-state index >= 15 is 0 Å². The first-order valence-corrected chi connectivity index (χ1v) is 42.3. The lowest BCUT2D eigenvalue weighted by Crippen LogP contribution is -2.50. The fraction of sp³-hybridized carbons (Fsp3) is 0.845. The second kappa shape index (κ2) is 40.0. The minimum Gasteiger partial charge on any atom is -0.479 e. The highest BCUT2D eigenvalue weighted by molar-refractivity contribution is 8.14. The maximum absolute atomic E-state index is 9.05. The molecule has 0 aliphatic carbocycles. The number of ether oxygens (including phenoxy) is 4. The molecule has 0 saturated carbocycles. The van der Waals surface area contributed by atoms with E-state index in [1.165, 1.54) is 26.6 Å². The van der Waals surface area contributed by atoms with E-state index in [1.54, 1.807) is 17.5 Å². The van der Waals surface area contributed by atoms with E-state index < -0.39 is 5.54 Å². The van der Waals surface area contributed by atoms with Crippen molar-refractivity contribution >= 4 is 85.5 Å². The van der Waals surface area contributed by atoms with Crippen LogP contribution in [0.5, 0.6) is 0 Å². The van der Waals surface area contributed by atoms with Crippen molar-refractivity contribution in [2.24, 2.45) is 67.9 Å². The molecule has 105 heavy (non-hydrogen) atoms. The van der Waals surface area contributed by atoms with E-state index in [1.807, 2.05) is 47.6 Å². The van der Waals surface area contributed by atoms with Crippen LogP contribution in [0, 0.1) is 37.9 Å². The van der Waals surface area contributed by atoms with E-state index in [2.05, 4.69) is 344 Å². The van der Waals surface area contributed by atoms with Crippen molar-refractivity contribution in [1.82, 2.24) is 26.3 Å². The minimum absolute atomic E-state index is 0.000579. The van der Waals surface area contributed by atoms with Crippen LogP contribution < -0.4 is 26.6 Å². The molecular weight excluding hydrogens is 1390 g/mol. The molecule has 9 heterocycles. The van der Waals surface area contributed by atoms with Crippen LogP contribution >= 0.6 is 46.6 Å². The monoisotopic (exact) mass is 1550 g/mol. The Morgan fingerprint density at radius 3 is 1.33 bits per heavy atom. The Kier molecular flexibility index (Phi) is 37.8. The Morgan fingerprint density at radius 1 is 0.486 bits per heavy atom. The predicted molar refractivity (Wildman–Crippen MR) is 469 cm³/mol. The molecule has 0 aromatic carbocycles. The predicted octanol–water partition coefficient (Wildman–Crippen LogP) is 21.5. The number of anilines is 1. The first kappa shape index (κ1) is 99.3. The third-order valence-corrected chi connectivity index (χ3v) is 18.9. The average Bonchev–Trinajstić information content (AvgIpc) is 1.73. The number of aliphatic imine (C=N–C) groups is 6. The van der Waals surface area contributed by atoms with Gasteiger partial charge in [0, 0.05) is 77.6 Å². The molecule has 9 rings (SSSR count). The Hall–Kier alpha value is -3.66. The first-order chi connectivity index (χ1) is 46.8.